The Morgan fingerprint density at radius 1 is 1.15 bits per heavy atom. The molecule has 0 aromatic heterocycles. The Labute approximate surface area is 119 Å². The molecule has 2 saturated heterocycles. The molecule has 2 rings (SSSR count). The van der Waals surface area contributed by atoms with Crippen molar-refractivity contribution >= 4 is 17.8 Å². The van der Waals surface area contributed by atoms with Gasteiger partial charge >= 0.3 is 6.03 Å². The first-order valence-electron chi connectivity index (χ1n) is 7.39. The van der Waals surface area contributed by atoms with Crippen LogP contribution in [0.25, 0.3) is 0 Å². The number of hydrogen-bond donors (Lipinski definition) is 1. The van der Waals surface area contributed by atoms with Gasteiger partial charge in [0.15, 0.2) is 0 Å². The van der Waals surface area contributed by atoms with Crippen molar-refractivity contribution in [2.75, 3.05) is 26.2 Å². The Kier molecular flexibility index (Phi) is 4.75. The fraction of sp³-hybridized carbons (Fsp3) is 0.786. The molecular formula is C14H23N3O3. The van der Waals surface area contributed by atoms with Gasteiger partial charge in [0.05, 0.1) is 0 Å². The summed E-state index contributed by atoms with van der Waals surface area (Å²) in [4.78, 5) is 39.3. The summed E-state index contributed by atoms with van der Waals surface area (Å²) < 4.78 is 0. The van der Waals surface area contributed by atoms with Crippen LogP contribution in [0, 0.1) is 11.8 Å². The highest BCUT2D eigenvalue weighted by molar-refractivity contribution is 6.16. The smallest absolute Gasteiger partial charge is 0.303 e. The average molecular weight is 281 g/mol. The zero-order valence-electron chi connectivity index (χ0n) is 12.2. The second kappa shape index (κ2) is 6.35. The third-order valence-electron chi connectivity index (χ3n) is 4.01. The van der Waals surface area contributed by atoms with Crippen LogP contribution in [0.3, 0.4) is 0 Å². The SMILES string of the molecule is CC(C)C1C(=O)NC(=O)N(CCCN2CCCC2)C1=O. The molecule has 6 heteroatoms. The number of rotatable bonds is 5. The number of nitrogens with zero attached hydrogens (tertiary/aromatic N) is 2. The molecule has 0 saturated carbocycles. The standard InChI is InChI=1S/C14H23N3O3/c1-10(2)11-12(18)15-14(20)17(13(11)19)9-5-8-16-6-3-4-7-16/h10-11H,3-9H2,1-2H3,(H,15,18,20). The van der Waals surface area contributed by atoms with E-state index >= 15 is 0 Å². The molecule has 20 heavy (non-hydrogen) atoms. The Balaban J connectivity index is 1.89. The van der Waals surface area contributed by atoms with E-state index in [1.165, 1.54) is 17.7 Å². The number of likely N-dealkylation sites (tertiary alicyclic amines) is 1. The first kappa shape index (κ1) is 15.0. The van der Waals surface area contributed by atoms with Crippen molar-refractivity contribution in [3.05, 3.63) is 0 Å². The Hall–Kier alpha value is -1.43. The molecule has 4 amide bonds. The van der Waals surface area contributed by atoms with Crippen LogP contribution in [0.2, 0.25) is 0 Å². The van der Waals surface area contributed by atoms with Crippen LogP contribution >= 0.6 is 0 Å². The van der Waals surface area contributed by atoms with Crippen LogP contribution in [0.1, 0.15) is 33.1 Å². The van der Waals surface area contributed by atoms with Gasteiger partial charge in [-0.25, -0.2) is 4.79 Å². The van der Waals surface area contributed by atoms with E-state index in [1.807, 2.05) is 13.8 Å². The highest BCUT2D eigenvalue weighted by Crippen LogP contribution is 2.19. The number of urea groups is 1. The largest absolute Gasteiger partial charge is 0.330 e. The lowest BCUT2D eigenvalue weighted by atomic mass is 9.92. The van der Waals surface area contributed by atoms with Crippen LogP contribution in [-0.2, 0) is 9.59 Å². The molecule has 0 aliphatic carbocycles. The number of carbonyl (C=O) groups excluding carboxylic acids is 3. The van der Waals surface area contributed by atoms with Gasteiger partial charge in [0, 0.05) is 6.54 Å². The lowest BCUT2D eigenvalue weighted by molar-refractivity contribution is -0.144. The molecule has 0 aromatic rings. The summed E-state index contributed by atoms with van der Waals surface area (Å²) in [5.74, 6) is -1.66. The monoisotopic (exact) mass is 281 g/mol. The molecule has 2 aliphatic rings. The fourth-order valence-electron chi connectivity index (χ4n) is 2.89. The first-order chi connectivity index (χ1) is 9.50. The van der Waals surface area contributed by atoms with Gasteiger partial charge in [-0.15, -0.1) is 0 Å². The summed E-state index contributed by atoms with van der Waals surface area (Å²) in [6, 6.07) is -0.571. The van der Waals surface area contributed by atoms with Gasteiger partial charge in [0.1, 0.15) is 5.92 Å². The van der Waals surface area contributed by atoms with Crippen LogP contribution < -0.4 is 5.32 Å². The minimum absolute atomic E-state index is 0.100. The van der Waals surface area contributed by atoms with Crippen LogP contribution in [-0.4, -0.2) is 53.8 Å². The van der Waals surface area contributed by atoms with E-state index < -0.39 is 17.9 Å². The van der Waals surface area contributed by atoms with E-state index in [9.17, 15) is 14.4 Å². The third-order valence-corrected chi connectivity index (χ3v) is 4.01. The predicted molar refractivity (Wildman–Crippen MR) is 73.9 cm³/mol. The lowest BCUT2D eigenvalue weighted by Gasteiger charge is -2.32. The van der Waals surface area contributed by atoms with Gasteiger partial charge < -0.3 is 4.90 Å². The quantitative estimate of drug-likeness (QED) is 0.758. The second-order valence-corrected chi connectivity index (χ2v) is 5.91. The zero-order valence-corrected chi connectivity index (χ0v) is 12.2. The molecule has 0 spiro atoms. The Bertz CT molecular complexity index is 402. The van der Waals surface area contributed by atoms with E-state index in [2.05, 4.69) is 10.2 Å². The van der Waals surface area contributed by atoms with Gasteiger partial charge in [0.25, 0.3) is 0 Å². The highest BCUT2D eigenvalue weighted by Gasteiger charge is 2.41. The van der Waals surface area contributed by atoms with Crippen molar-refractivity contribution in [3.63, 3.8) is 0 Å². The van der Waals surface area contributed by atoms with Gasteiger partial charge in [-0.2, -0.15) is 0 Å². The van der Waals surface area contributed by atoms with Crippen LogP contribution in [0.4, 0.5) is 4.79 Å². The normalized spacial score (nSPS) is 24.6. The maximum Gasteiger partial charge on any atom is 0.330 e. The molecule has 0 radical (unpaired) electrons. The molecule has 0 aromatic carbocycles. The summed E-state index contributed by atoms with van der Waals surface area (Å²) in [5.41, 5.74) is 0. The molecule has 1 atom stereocenters. The van der Waals surface area contributed by atoms with E-state index in [0.29, 0.717) is 6.54 Å². The van der Waals surface area contributed by atoms with Crippen molar-refractivity contribution < 1.29 is 14.4 Å². The number of imide groups is 2. The fourth-order valence-corrected chi connectivity index (χ4v) is 2.89. The van der Waals surface area contributed by atoms with Gasteiger partial charge in [0.2, 0.25) is 11.8 Å². The van der Waals surface area contributed by atoms with Crippen LogP contribution in [0.5, 0.6) is 0 Å². The molecule has 1 N–H and O–H groups in total. The van der Waals surface area contributed by atoms with Gasteiger partial charge in [-0.3, -0.25) is 19.8 Å². The Morgan fingerprint density at radius 2 is 1.80 bits per heavy atom. The maximum atomic E-state index is 12.2. The van der Waals surface area contributed by atoms with Crippen molar-refractivity contribution in [1.29, 1.82) is 0 Å². The highest BCUT2D eigenvalue weighted by atomic mass is 16.2. The maximum absolute atomic E-state index is 12.2. The summed E-state index contributed by atoms with van der Waals surface area (Å²) in [7, 11) is 0. The Morgan fingerprint density at radius 3 is 2.40 bits per heavy atom. The van der Waals surface area contributed by atoms with Crippen molar-refractivity contribution in [3.8, 4) is 0 Å². The lowest BCUT2D eigenvalue weighted by Crippen LogP contribution is -2.59. The van der Waals surface area contributed by atoms with Crippen molar-refractivity contribution in [2.24, 2.45) is 11.8 Å². The van der Waals surface area contributed by atoms with E-state index in [4.69, 9.17) is 0 Å². The van der Waals surface area contributed by atoms with E-state index in [1.54, 1.807) is 0 Å². The minimum Gasteiger partial charge on any atom is -0.303 e. The molecule has 2 aliphatic heterocycles. The first-order valence-corrected chi connectivity index (χ1v) is 7.39. The van der Waals surface area contributed by atoms with Gasteiger partial charge in [-0.1, -0.05) is 13.8 Å². The zero-order chi connectivity index (χ0) is 14.7. The number of amides is 4. The number of nitrogens with one attached hydrogen (secondary N) is 1. The number of hydrogen-bond acceptors (Lipinski definition) is 4. The average Bonchev–Trinajstić information content (AvgIpc) is 2.85. The molecule has 6 nitrogen and oxygen atoms in total. The minimum atomic E-state index is -0.737. The van der Waals surface area contributed by atoms with Crippen molar-refractivity contribution in [1.82, 2.24) is 15.1 Å². The summed E-state index contributed by atoms with van der Waals surface area (Å²) >= 11 is 0. The summed E-state index contributed by atoms with van der Waals surface area (Å²) in [6.07, 6.45) is 3.22. The van der Waals surface area contributed by atoms with Gasteiger partial charge in [-0.05, 0) is 44.8 Å². The van der Waals surface area contributed by atoms with E-state index in [0.717, 1.165) is 26.1 Å². The second-order valence-electron chi connectivity index (χ2n) is 5.91. The topological polar surface area (TPSA) is 69.7 Å². The number of carbonyl (C=O) groups is 3. The summed E-state index contributed by atoms with van der Waals surface area (Å²) in [5, 5.41) is 2.28. The molecule has 1 unspecified atom stereocenters. The van der Waals surface area contributed by atoms with E-state index in [-0.39, 0.29) is 11.8 Å². The molecule has 112 valence electrons. The number of barbiturate groups is 1. The van der Waals surface area contributed by atoms with Crippen LogP contribution in [0.15, 0.2) is 0 Å². The molecular weight excluding hydrogens is 258 g/mol. The van der Waals surface area contributed by atoms with Crippen molar-refractivity contribution in [2.45, 2.75) is 33.1 Å². The predicted octanol–water partition coefficient (Wildman–Crippen LogP) is 0.823. The third kappa shape index (κ3) is 3.17. The molecule has 0 bridgehead atoms. The molecule has 2 heterocycles. The molecule has 2 fully saturated rings. The summed E-state index contributed by atoms with van der Waals surface area (Å²) in [6.45, 7) is 7.14.